The van der Waals surface area contributed by atoms with Crippen molar-refractivity contribution in [3.8, 4) is 11.5 Å². The minimum Gasteiger partial charge on any atom is -0.454 e. The quantitative estimate of drug-likeness (QED) is 0.851. The van der Waals surface area contributed by atoms with Crippen LogP contribution in [-0.2, 0) is 6.54 Å². The lowest BCUT2D eigenvalue weighted by Gasteiger charge is -2.05. The topological polar surface area (TPSA) is 53.1 Å². The van der Waals surface area contributed by atoms with Crippen LogP contribution in [0.4, 0.5) is 0 Å². The molecule has 84 valence electrons. The molecule has 1 heterocycles. The van der Waals surface area contributed by atoms with Gasteiger partial charge < -0.3 is 10.5 Å². The lowest BCUT2D eigenvalue weighted by Crippen LogP contribution is -2.09. The van der Waals surface area contributed by atoms with Crippen molar-refractivity contribution in [3.05, 3.63) is 42.2 Å². The maximum absolute atomic E-state index is 5.71. The molecule has 0 bridgehead atoms. The third-order valence-electron chi connectivity index (χ3n) is 2.29. The number of aryl methyl sites for hydroxylation is 1. The van der Waals surface area contributed by atoms with E-state index >= 15 is 0 Å². The van der Waals surface area contributed by atoms with Gasteiger partial charge in [0.05, 0.1) is 18.9 Å². The van der Waals surface area contributed by atoms with Crippen molar-refractivity contribution in [3.63, 3.8) is 0 Å². The van der Waals surface area contributed by atoms with Gasteiger partial charge in [0.2, 0.25) is 0 Å². The number of nitrogens with zero attached hydrogens (tertiary/aromatic N) is 2. The predicted octanol–water partition coefficient (Wildman–Crippen LogP) is 1.94. The molecule has 0 saturated carbocycles. The minimum absolute atomic E-state index is 0.575. The second-order valence-electron chi connectivity index (χ2n) is 3.60. The van der Waals surface area contributed by atoms with Crippen molar-refractivity contribution in [2.75, 3.05) is 6.54 Å². The van der Waals surface area contributed by atoms with E-state index in [1.54, 1.807) is 10.9 Å². The summed E-state index contributed by atoms with van der Waals surface area (Å²) in [7, 11) is 0. The normalized spacial score (nSPS) is 10.4. The highest BCUT2D eigenvalue weighted by Gasteiger charge is 2.02. The van der Waals surface area contributed by atoms with Gasteiger partial charge in [-0.15, -0.1) is 0 Å². The van der Waals surface area contributed by atoms with Crippen LogP contribution in [0, 0.1) is 6.92 Å². The molecule has 0 saturated heterocycles. The van der Waals surface area contributed by atoms with Crippen molar-refractivity contribution in [2.45, 2.75) is 13.5 Å². The first kappa shape index (κ1) is 10.7. The van der Waals surface area contributed by atoms with Crippen LogP contribution in [0.25, 0.3) is 0 Å². The third-order valence-corrected chi connectivity index (χ3v) is 2.29. The molecule has 0 spiro atoms. The van der Waals surface area contributed by atoms with Gasteiger partial charge in [-0.05, 0) is 18.6 Å². The SMILES string of the molecule is Cc1ccccc1Oc1cnn(CCN)c1. The molecule has 2 aromatic rings. The number of ether oxygens (including phenoxy) is 1. The van der Waals surface area contributed by atoms with Crippen LogP contribution in [-0.4, -0.2) is 16.3 Å². The highest BCUT2D eigenvalue weighted by Crippen LogP contribution is 2.23. The summed E-state index contributed by atoms with van der Waals surface area (Å²) in [6.45, 7) is 3.29. The van der Waals surface area contributed by atoms with E-state index in [4.69, 9.17) is 10.5 Å². The Hall–Kier alpha value is -1.81. The second-order valence-corrected chi connectivity index (χ2v) is 3.60. The number of aromatic nitrogens is 2. The zero-order valence-electron chi connectivity index (χ0n) is 9.26. The third kappa shape index (κ3) is 2.41. The molecular formula is C12H15N3O. The van der Waals surface area contributed by atoms with E-state index in [1.165, 1.54) is 0 Å². The molecule has 16 heavy (non-hydrogen) atoms. The van der Waals surface area contributed by atoms with Gasteiger partial charge in [-0.3, -0.25) is 4.68 Å². The predicted molar refractivity (Wildman–Crippen MR) is 62.5 cm³/mol. The van der Waals surface area contributed by atoms with Crippen LogP contribution in [0.3, 0.4) is 0 Å². The highest BCUT2D eigenvalue weighted by atomic mass is 16.5. The maximum Gasteiger partial charge on any atom is 0.165 e. The van der Waals surface area contributed by atoms with Crippen molar-refractivity contribution >= 4 is 0 Å². The van der Waals surface area contributed by atoms with Gasteiger partial charge >= 0.3 is 0 Å². The first-order valence-corrected chi connectivity index (χ1v) is 5.25. The Bertz CT molecular complexity index is 465. The van der Waals surface area contributed by atoms with E-state index in [2.05, 4.69) is 5.10 Å². The van der Waals surface area contributed by atoms with E-state index < -0.39 is 0 Å². The summed E-state index contributed by atoms with van der Waals surface area (Å²) < 4.78 is 7.48. The molecule has 0 aliphatic rings. The molecule has 0 aliphatic carbocycles. The zero-order chi connectivity index (χ0) is 11.4. The largest absolute Gasteiger partial charge is 0.454 e. The van der Waals surface area contributed by atoms with Crippen LogP contribution >= 0.6 is 0 Å². The van der Waals surface area contributed by atoms with E-state index in [0.717, 1.165) is 17.1 Å². The number of benzene rings is 1. The molecule has 2 N–H and O–H groups in total. The summed E-state index contributed by atoms with van der Waals surface area (Å²) in [5.74, 6) is 1.59. The van der Waals surface area contributed by atoms with E-state index in [9.17, 15) is 0 Å². The van der Waals surface area contributed by atoms with Crippen LogP contribution in [0.1, 0.15) is 5.56 Å². The fourth-order valence-electron chi connectivity index (χ4n) is 1.45. The number of rotatable bonds is 4. The van der Waals surface area contributed by atoms with E-state index in [0.29, 0.717) is 13.1 Å². The number of para-hydroxylation sites is 1. The van der Waals surface area contributed by atoms with Gasteiger partial charge in [-0.2, -0.15) is 5.10 Å². The maximum atomic E-state index is 5.71. The van der Waals surface area contributed by atoms with Gasteiger partial charge in [0.15, 0.2) is 5.75 Å². The Labute approximate surface area is 94.6 Å². The molecule has 0 fully saturated rings. The number of hydrogen-bond donors (Lipinski definition) is 1. The molecule has 4 nitrogen and oxygen atoms in total. The minimum atomic E-state index is 0.575. The van der Waals surface area contributed by atoms with Crippen molar-refractivity contribution < 1.29 is 4.74 Å². The second kappa shape index (κ2) is 4.81. The monoisotopic (exact) mass is 217 g/mol. The summed E-state index contributed by atoms with van der Waals surface area (Å²) in [4.78, 5) is 0. The van der Waals surface area contributed by atoms with Gasteiger partial charge in [0.25, 0.3) is 0 Å². The summed E-state index contributed by atoms with van der Waals surface area (Å²) in [6.07, 6.45) is 3.54. The molecule has 0 aliphatic heterocycles. The summed E-state index contributed by atoms with van der Waals surface area (Å²) in [5, 5.41) is 4.14. The lowest BCUT2D eigenvalue weighted by atomic mass is 10.2. The Morgan fingerprint density at radius 2 is 2.19 bits per heavy atom. The smallest absolute Gasteiger partial charge is 0.165 e. The van der Waals surface area contributed by atoms with Crippen LogP contribution < -0.4 is 10.5 Å². The standard InChI is InChI=1S/C12H15N3O/c1-10-4-2-3-5-12(10)16-11-8-14-15(9-11)7-6-13/h2-5,8-9H,6-7,13H2,1H3. The van der Waals surface area contributed by atoms with Crippen LogP contribution in [0.5, 0.6) is 11.5 Å². The molecular weight excluding hydrogens is 202 g/mol. The summed E-state index contributed by atoms with van der Waals surface area (Å²) >= 11 is 0. The average molecular weight is 217 g/mol. The van der Waals surface area contributed by atoms with Crippen molar-refractivity contribution in [1.82, 2.24) is 9.78 Å². The molecule has 0 radical (unpaired) electrons. The van der Waals surface area contributed by atoms with Crippen molar-refractivity contribution in [2.24, 2.45) is 5.73 Å². The Kier molecular flexibility index (Phi) is 3.22. The van der Waals surface area contributed by atoms with Crippen LogP contribution in [0.2, 0.25) is 0 Å². The molecule has 0 amide bonds. The lowest BCUT2D eigenvalue weighted by molar-refractivity contribution is 0.477. The average Bonchev–Trinajstić information content (AvgIpc) is 2.70. The first-order chi connectivity index (χ1) is 7.79. The molecule has 1 aromatic carbocycles. The fraction of sp³-hybridized carbons (Fsp3) is 0.250. The van der Waals surface area contributed by atoms with Gasteiger partial charge in [0.1, 0.15) is 5.75 Å². The first-order valence-electron chi connectivity index (χ1n) is 5.25. The summed E-state index contributed by atoms with van der Waals surface area (Å²) in [5.41, 5.74) is 6.55. The molecule has 4 heteroatoms. The Morgan fingerprint density at radius 3 is 2.94 bits per heavy atom. The van der Waals surface area contributed by atoms with E-state index in [-0.39, 0.29) is 0 Å². The van der Waals surface area contributed by atoms with Gasteiger partial charge in [-0.1, -0.05) is 18.2 Å². The zero-order valence-corrected chi connectivity index (χ0v) is 9.26. The van der Waals surface area contributed by atoms with Gasteiger partial charge in [0, 0.05) is 6.54 Å². The van der Waals surface area contributed by atoms with Crippen LogP contribution in [0.15, 0.2) is 36.7 Å². The molecule has 1 aromatic heterocycles. The molecule has 0 atom stereocenters. The fourth-order valence-corrected chi connectivity index (χ4v) is 1.45. The summed E-state index contributed by atoms with van der Waals surface area (Å²) in [6, 6.07) is 7.89. The van der Waals surface area contributed by atoms with Crippen molar-refractivity contribution in [1.29, 1.82) is 0 Å². The van der Waals surface area contributed by atoms with Gasteiger partial charge in [-0.25, -0.2) is 0 Å². The van der Waals surface area contributed by atoms with E-state index in [1.807, 2.05) is 37.4 Å². The number of nitrogens with two attached hydrogens (primary N) is 1. The Morgan fingerprint density at radius 1 is 1.38 bits per heavy atom. The Balaban J connectivity index is 2.11. The molecule has 0 unspecified atom stereocenters. The molecule has 2 rings (SSSR count). The number of hydrogen-bond acceptors (Lipinski definition) is 3. The highest BCUT2D eigenvalue weighted by molar-refractivity contribution is 5.35.